The van der Waals surface area contributed by atoms with Crippen molar-refractivity contribution in [3.8, 4) is 11.1 Å². The number of esters is 1. The van der Waals surface area contributed by atoms with Crippen LogP contribution < -0.4 is 5.32 Å². The molecule has 3 aromatic carbocycles. The third-order valence-corrected chi connectivity index (χ3v) is 5.90. The average molecular weight is 465 g/mol. The Balaban J connectivity index is 1.35. The molecule has 176 valence electrons. The Morgan fingerprint density at radius 2 is 1.62 bits per heavy atom. The third-order valence-electron chi connectivity index (χ3n) is 5.90. The summed E-state index contributed by atoms with van der Waals surface area (Å²) in [5.41, 5.74) is 4.10. The van der Waals surface area contributed by atoms with E-state index in [1.54, 1.807) is 0 Å². The van der Waals surface area contributed by atoms with Crippen LogP contribution in [0.2, 0.25) is 0 Å². The van der Waals surface area contributed by atoms with E-state index in [2.05, 4.69) is 10.1 Å². The lowest BCUT2D eigenvalue weighted by Gasteiger charge is -2.20. The van der Waals surface area contributed by atoms with E-state index >= 15 is 0 Å². The average Bonchev–Trinajstić information content (AvgIpc) is 3.19. The first-order valence-electron chi connectivity index (χ1n) is 10.7. The Hall–Kier alpha value is -3.75. The second kappa shape index (κ2) is 10.0. The molecular formula is C26H24FNO6. The van der Waals surface area contributed by atoms with Crippen LogP contribution in [-0.4, -0.2) is 48.6 Å². The molecule has 34 heavy (non-hydrogen) atoms. The predicted molar refractivity (Wildman–Crippen MR) is 122 cm³/mol. The van der Waals surface area contributed by atoms with E-state index in [1.165, 1.54) is 6.07 Å². The molecule has 3 aromatic rings. The van der Waals surface area contributed by atoms with Gasteiger partial charge >= 0.3 is 12.1 Å². The molecule has 7 nitrogen and oxygen atoms in total. The number of alkyl carbamates (subject to hydrolysis) is 1. The van der Waals surface area contributed by atoms with Gasteiger partial charge in [0, 0.05) is 12.5 Å². The number of ether oxygens (including phenoxy) is 2. The Bertz CT molecular complexity index is 1170. The van der Waals surface area contributed by atoms with Crippen molar-refractivity contribution in [3.63, 3.8) is 0 Å². The maximum absolute atomic E-state index is 13.8. The van der Waals surface area contributed by atoms with Crippen LogP contribution in [0.15, 0.2) is 66.7 Å². The van der Waals surface area contributed by atoms with Crippen LogP contribution >= 0.6 is 0 Å². The zero-order valence-corrected chi connectivity index (χ0v) is 18.4. The quantitative estimate of drug-likeness (QED) is 0.461. The zero-order chi connectivity index (χ0) is 24.2. The normalized spacial score (nSPS) is 14.0. The molecule has 0 saturated heterocycles. The minimum Gasteiger partial charge on any atom is -0.465 e. The van der Waals surface area contributed by atoms with Gasteiger partial charge in [-0.05, 0) is 39.9 Å². The summed E-state index contributed by atoms with van der Waals surface area (Å²) in [6.45, 7) is -0.207. The van der Waals surface area contributed by atoms with Crippen molar-refractivity contribution in [3.05, 3.63) is 94.8 Å². The molecule has 2 unspecified atom stereocenters. The first kappa shape index (κ1) is 23.4. The van der Waals surface area contributed by atoms with Gasteiger partial charge in [0.05, 0.1) is 12.7 Å². The second-order valence-corrected chi connectivity index (χ2v) is 7.95. The fraction of sp³-hybridized carbons (Fsp3) is 0.231. The number of benzene rings is 3. The summed E-state index contributed by atoms with van der Waals surface area (Å²) in [6.07, 6.45) is -3.64. The zero-order valence-electron chi connectivity index (χ0n) is 18.4. The SMILES string of the molecule is COC(=O)c1cc(C(O)C(O)CNC(=O)OCC2c3ccccc3-c3ccccc32)ccc1F. The van der Waals surface area contributed by atoms with Crippen LogP contribution in [0, 0.1) is 5.82 Å². The summed E-state index contributed by atoms with van der Waals surface area (Å²) < 4.78 is 23.7. The van der Waals surface area contributed by atoms with E-state index in [4.69, 9.17) is 4.74 Å². The van der Waals surface area contributed by atoms with Crippen LogP contribution in [0.25, 0.3) is 11.1 Å². The van der Waals surface area contributed by atoms with Crippen molar-refractivity contribution in [1.29, 1.82) is 0 Å². The number of amides is 1. The van der Waals surface area contributed by atoms with Gasteiger partial charge in [0.25, 0.3) is 0 Å². The fourth-order valence-corrected chi connectivity index (χ4v) is 4.16. The Morgan fingerprint density at radius 3 is 2.24 bits per heavy atom. The van der Waals surface area contributed by atoms with Crippen molar-refractivity contribution in [1.82, 2.24) is 5.32 Å². The monoisotopic (exact) mass is 465 g/mol. The molecule has 0 aliphatic heterocycles. The highest BCUT2D eigenvalue weighted by Crippen LogP contribution is 2.44. The van der Waals surface area contributed by atoms with Crippen LogP contribution in [0.5, 0.6) is 0 Å². The van der Waals surface area contributed by atoms with Crippen molar-refractivity contribution in [2.45, 2.75) is 18.1 Å². The summed E-state index contributed by atoms with van der Waals surface area (Å²) in [6, 6.07) is 19.2. The molecule has 0 fully saturated rings. The molecule has 0 radical (unpaired) electrons. The highest BCUT2D eigenvalue weighted by Gasteiger charge is 2.29. The van der Waals surface area contributed by atoms with Gasteiger partial charge in [0.1, 0.15) is 24.6 Å². The summed E-state index contributed by atoms with van der Waals surface area (Å²) in [5.74, 6) is -1.82. The molecule has 1 aliphatic rings. The third kappa shape index (κ3) is 4.64. The fourth-order valence-electron chi connectivity index (χ4n) is 4.16. The number of nitrogens with one attached hydrogen (secondary N) is 1. The Kier molecular flexibility index (Phi) is 6.90. The Morgan fingerprint density at radius 1 is 1.00 bits per heavy atom. The first-order chi connectivity index (χ1) is 16.4. The molecule has 0 aromatic heterocycles. The van der Waals surface area contributed by atoms with E-state index in [-0.39, 0.29) is 30.2 Å². The largest absolute Gasteiger partial charge is 0.465 e. The molecule has 4 rings (SSSR count). The summed E-state index contributed by atoms with van der Waals surface area (Å²) >= 11 is 0. The molecule has 8 heteroatoms. The van der Waals surface area contributed by atoms with Gasteiger partial charge in [-0.2, -0.15) is 0 Å². The summed E-state index contributed by atoms with van der Waals surface area (Å²) in [5, 5.41) is 23.1. The van der Waals surface area contributed by atoms with E-state index in [0.29, 0.717) is 0 Å². The predicted octanol–water partition coefficient (Wildman–Crippen LogP) is 3.55. The van der Waals surface area contributed by atoms with Crippen molar-refractivity contribution in [2.24, 2.45) is 0 Å². The van der Waals surface area contributed by atoms with Crippen molar-refractivity contribution in [2.75, 3.05) is 20.3 Å². The summed E-state index contributed by atoms with van der Waals surface area (Å²) in [7, 11) is 1.11. The van der Waals surface area contributed by atoms with Crippen LogP contribution in [0.3, 0.4) is 0 Å². The minimum atomic E-state index is -1.47. The van der Waals surface area contributed by atoms with Gasteiger partial charge < -0.3 is 25.0 Å². The van der Waals surface area contributed by atoms with Gasteiger partial charge in [0.15, 0.2) is 0 Å². The minimum absolute atomic E-state index is 0.101. The lowest BCUT2D eigenvalue weighted by atomic mass is 9.98. The van der Waals surface area contributed by atoms with Gasteiger partial charge in [-0.3, -0.25) is 0 Å². The van der Waals surface area contributed by atoms with E-state index in [0.717, 1.165) is 41.5 Å². The molecule has 0 saturated carbocycles. The van der Waals surface area contributed by atoms with Crippen LogP contribution in [0.4, 0.5) is 9.18 Å². The first-order valence-corrected chi connectivity index (χ1v) is 10.7. The molecule has 0 spiro atoms. The molecule has 1 amide bonds. The second-order valence-electron chi connectivity index (χ2n) is 7.95. The number of methoxy groups -OCH3 is 1. The smallest absolute Gasteiger partial charge is 0.407 e. The molecule has 0 heterocycles. The van der Waals surface area contributed by atoms with E-state index < -0.39 is 30.1 Å². The lowest BCUT2D eigenvalue weighted by molar-refractivity contribution is 0.0184. The number of hydrogen-bond donors (Lipinski definition) is 3. The number of halogens is 1. The Labute approximate surface area is 195 Å². The van der Waals surface area contributed by atoms with Gasteiger partial charge in [-0.25, -0.2) is 14.0 Å². The number of fused-ring (bicyclic) bond motifs is 3. The number of carbonyl (C=O) groups excluding carboxylic acids is 2. The molecule has 0 bridgehead atoms. The molecule has 3 N–H and O–H groups in total. The molecule has 2 atom stereocenters. The van der Waals surface area contributed by atoms with Crippen molar-refractivity contribution < 1.29 is 33.7 Å². The standard InChI is InChI=1S/C26H24FNO6/c1-33-25(31)20-12-15(10-11-22(20)27)24(30)23(29)13-28-26(32)34-14-21-18-8-4-2-6-16(18)17-7-3-5-9-19(17)21/h2-12,21,23-24,29-30H,13-14H2,1H3,(H,28,32). The number of aliphatic hydroxyl groups excluding tert-OH is 2. The highest BCUT2D eigenvalue weighted by atomic mass is 19.1. The number of aliphatic hydroxyl groups is 2. The van der Waals surface area contributed by atoms with Crippen molar-refractivity contribution >= 4 is 12.1 Å². The van der Waals surface area contributed by atoms with Gasteiger partial charge in [-0.15, -0.1) is 0 Å². The number of rotatable bonds is 7. The maximum atomic E-state index is 13.8. The summed E-state index contributed by atoms with van der Waals surface area (Å²) in [4.78, 5) is 23.9. The van der Waals surface area contributed by atoms with E-state index in [1.807, 2.05) is 48.5 Å². The van der Waals surface area contributed by atoms with Gasteiger partial charge in [-0.1, -0.05) is 54.6 Å². The van der Waals surface area contributed by atoms with Crippen LogP contribution in [0.1, 0.15) is 39.1 Å². The number of hydrogen-bond acceptors (Lipinski definition) is 6. The topological polar surface area (TPSA) is 105 Å². The molecular weight excluding hydrogens is 441 g/mol. The van der Waals surface area contributed by atoms with Gasteiger partial charge in [0.2, 0.25) is 0 Å². The molecule has 1 aliphatic carbocycles. The van der Waals surface area contributed by atoms with Crippen LogP contribution in [-0.2, 0) is 9.47 Å². The lowest BCUT2D eigenvalue weighted by Crippen LogP contribution is -2.36. The number of carbonyl (C=O) groups is 2. The highest BCUT2D eigenvalue weighted by molar-refractivity contribution is 5.89. The maximum Gasteiger partial charge on any atom is 0.407 e. The van der Waals surface area contributed by atoms with E-state index in [9.17, 15) is 24.2 Å².